The summed E-state index contributed by atoms with van der Waals surface area (Å²) in [6.45, 7) is 3.79. The number of hydrogen-bond acceptors (Lipinski definition) is 4. The van der Waals surface area contributed by atoms with Gasteiger partial charge in [0.25, 0.3) is 5.91 Å². The summed E-state index contributed by atoms with van der Waals surface area (Å²) >= 11 is 5.99. The van der Waals surface area contributed by atoms with Crippen LogP contribution in [0, 0.1) is 6.92 Å². The van der Waals surface area contributed by atoms with Crippen LogP contribution < -0.4 is 5.32 Å². The van der Waals surface area contributed by atoms with E-state index in [-0.39, 0.29) is 11.9 Å². The normalized spacial score (nSPS) is 16.5. The Labute approximate surface area is 140 Å². The highest BCUT2D eigenvalue weighted by Gasteiger charge is 2.22. The van der Waals surface area contributed by atoms with E-state index in [9.17, 15) is 4.79 Å². The van der Waals surface area contributed by atoms with Gasteiger partial charge in [0.15, 0.2) is 5.69 Å². The first kappa shape index (κ1) is 16.0. The smallest absolute Gasteiger partial charge is 0.273 e. The molecule has 122 valence electrons. The third-order valence-corrected chi connectivity index (χ3v) is 4.33. The van der Waals surface area contributed by atoms with Crippen LogP contribution in [0.15, 0.2) is 24.3 Å². The van der Waals surface area contributed by atoms with Crippen molar-refractivity contribution in [1.82, 2.24) is 25.2 Å². The van der Waals surface area contributed by atoms with Gasteiger partial charge in [0, 0.05) is 11.1 Å². The summed E-state index contributed by atoms with van der Waals surface area (Å²) in [6.07, 6.45) is 1.92. The molecule has 2 aromatic rings. The lowest BCUT2D eigenvalue weighted by molar-refractivity contribution is 0.0910. The number of carbonyl (C=O) groups excluding carboxylic acids is 1. The molecule has 2 heterocycles. The summed E-state index contributed by atoms with van der Waals surface area (Å²) in [5, 5.41) is 12.3. The second-order valence-electron chi connectivity index (χ2n) is 5.95. The van der Waals surface area contributed by atoms with E-state index >= 15 is 0 Å². The topological polar surface area (TPSA) is 63.1 Å². The Balaban J connectivity index is 1.74. The van der Waals surface area contributed by atoms with E-state index in [1.165, 1.54) is 4.80 Å². The highest BCUT2D eigenvalue weighted by atomic mass is 35.5. The van der Waals surface area contributed by atoms with Crippen molar-refractivity contribution >= 4 is 17.5 Å². The minimum atomic E-state index is -0.162. The summed E-state index contributed by atoms with van der Waals surface area (Å²) in [7, 11) is 2.10. The Morgan fingerprint density at radius 1 is 1.30 bits per heavy atom. The molecule has 6 nitrogen and oxygen atoms in total. The second-order valence-corrected chi connectivity index (χ2v) is 6.39. The van der Waals surface area contributed by atoms with Gasteiger partial charge in [-0.05, 0) is 58.1 Å². The highest BCUT2D eigenvalue weighted by molar-refractivity contribution is 6.30. The van der Waals surface area contributed by atoms with Gasteiger partial charge in [-0.15, -0.1) is 5.10 Å². The van der Waals surface area contributed by atoms with Crippen molar-refractivity contribution in [2.24, 2.45) is 0 Å². The first-order valence-electron chi connectivity index (χ1n) is 7.72. The quantitative estimate of drug-likeness (QED) is 0.933. The van der Waals surface area contributed by atoms with Crippen molar-refractivity contribution in [3.05, 3.63) is 40.7 Å². The van der Waals surface area contributed by atoms with Gasteiger partial charge >= 0.3 is 0 Å². The minimum absolute atomic E-state index is 0.162. The average Bonchev–Trinajstić information content (AvgIpc) is 2.92. The number of piperidine rings is 1. The maximum Gasteiger partial charge on any atom is 0.273 e. The monoisotopic (exact) mass is 333 g/mol. The van der Waals surface area contributed by atoms with E-state index < -0.39 is 0 Å². The van der Waals surface area contributed by atoms with Crippen LogP contribution in [0.4, 0.5) is 0 Å². The second kappa shape index (κ2) is 6.68. The van der Waals surface area contributed by atoms with Crippen LogP contribution in [0.3, 0.4) is 0 Å². The zero-order valence-corrected chi connectivity index (χ0v) is 14.0. The van der Waals surface area contributed by atoms with E-state index in [2.05, 4.69) is 27.5 Å². The number of likely N-dealkylation sites (tertiary alicyclic amines) is 1. The molecule has 0 atom stereocenters. The van der Waals surface area contributed by atoms with E-state index in [1.54, 1.807) is 19.1 Å². The third kappa shape index (κ3) is 3.71. The molecule has 7 heteroatoms. The van der Waals surface area contributed by atoms with E-state index in [0.29, 0.717) is 16.4 Å². The van der Waals surface area contributed by atoms with Crippen LogP contribution >= 0.6 is 11.6 Å². The zero-order valence-electron chi connectivity index (χ0n) is 13.3. The predicted octanol–water partition coefficient (Wildman–Crippen LogP) is 2.05. The molecule has 0 radical (unpaired) electrons. The Bertz CT molecular complexity index is 706. The van der Waals surface area contributed by atoms with Crippen molar-refractivity contribution in [1.29, 1.82) is 0 Å². The van der Waals surface area contributed by atoms with Gasteiger partial charge in [-0.25, -0.2) is 0 Å². The largest absolute Gasteiger partial charge is 0.348 e. The Hall–Kier alpha value is -1.92. The van der Waals surface area contributed by atoms with E-state index in [4.69, 9.17) is 11.6 Å². The number of nitrogens with one attached hydrogen (secondary N) is 1. The van der Waals surface area contributed by atoms with Crippen LogP contribution in [0.1, 0.15) is 29.0 Å². The molecule has 1 aromatic carbocycles. The minimum Gasteiger partial charge on any atom is -0.348 e. The number of aryl methyl sites for hydroxylation is 1. The summed E-state index contributed by atoms with van der Waals surface area (Å²) < 4.78 is 0. The SMILES string of the molecule is Cc1nn(-c2cccc(Cl)c2)nc1C(=O)NC1CCN(C)CC1. The number of rotatable bonds is 3. The summed E-state index contributed by atoms with van der Waals surface area (Å²) in [5.41, 5.74) is 1.71. The molecule has 1 N–H and O–H groups in total. The van der Waals surface area contributed by atoms with Crippen LogP contribution in [0.2, 0.25) is 5.02 Å². The Morgan fingerprint density at radius 2 is 2.04 bits per heavy atom. The molecule has 0 unspecified atom stereocenters. The molecule has 0 bridgehead atoms. The summed E-state index contributed by atoms with van der Waals surface area (Å²) in [6, 6.07) is 7.43. The lowest BCUT2D eigenvalue weighted by Gasteiger charge is -2.29. The van der Waals surface area contributed by atoms with Crippen molar-refractivity contribution in [2.75, 3.05) is 20.1 Å². The molecule has 0 aliphatic carbocycles. The molecule has 1 aromatic heterocycles. The van der Waals surface area contributed by atoms with Crippen LogP contribution in [-0.4, -0.2) is 52.0 Å². The number of benzene rings is 1. The molecule has 1 aliphatic rings. The molecule has 3 rings (SSSR count). The molecule has 0 saturated carbocycles. The van der Waals surface area contributed by atoms with Crippen LogP contribution in [0.5, 0.6) is 0 Å². The van der Waals surface area contributed by atoms with Gasteiger partial charge in [0.05, 0.1) is 11.4 Å². The highest BCUT2D eigenvalue weighted by Crippen LogP contribution is 2.15. The standard InChI is InChI=1S/C16H20ClN5O/c1-11-15(16(23)18-13-6-8-21(2)9-7-13)20-22(19-11)14-5-3-4-12(17)10-14/h3-5,10,13H,6-9H2,1-2H3,(H,18,23). The van der Waals surface area contributed by atoms with Gasteiger partial charge in [-0.1, -0.05) is 17.7 Å². The Kier molecular flexibility index (Phi) is 4.63. The molecule has 23 heavy (non-hydrogen) atoms. The third-order valence-electron chi connectivity index (χ3n) is 4.09. The van der Waals surface area contributed by atoms with Gasteiger partial charge in [0.1, 0.15) is 0 Å². The number of halogens is 1. The van der Waals surface area contributed by atoms with Crippen molar-refractivity contribution in [2.45, 2.75) is 25.8 Å². The van der Waals surface area contributed by atoms with Crippen molar-refractivity contribution in [3.8, 4) is 5.69 Å². The lowest BCUT2D eigenvalue weighted by Crippen LogP contribution is -2.43. The zero-order chi connectivity index (χ0) is 16.4. The van der Waals surface area contributed by atoms with Gasteiger partial charge in [0.2, 0.25) is 0 Å². The first-order valence-corrected chi connectivity index (χ1v) is 8.10. The van der Waals surface area contributed by atoms with Gasteiger partial charge in [-0.3, -0.25) is 4.79 Å². The lowest BCUT2D eigenvalue weighted by atomic mass is 10.1. The summed E-state index contributed by atoms with van der Waals surface area (Å²) in [4.78, 5) is 16.2. The van der Waals surface area contributed by atoms with E-state index in [1.807, 2.05) is 12.1 Å². The fourth-order valence-corrected chi connectivity index (χ4v) is 2.90. The van der Waals surface area contributed by atoms with Crippen LogP contribution in [-0.2, 0) is 0 Å². The van der Waals surface area contributed by atoms with E-state index in [0.717, 1.165) is 31.6 Å². The molecular weight excluding hydrogens is 314 g/mol. The maximum absolute atomic E-state index is 12.5. The van der Waals surface area contributed by atoms with Crippen LogP contribution in [0.25, 0.3) is 5.69 Å². The molecule has 0 spiro atoms. The number of hydrogen-bond donors (Lipinski definition) is 1. The van der Waals surface area contributed by atoms with Gasteiger partial charge in [-0.2, -0.15) is 9.90 Å². The number of carbonyl (C=O) groups is 1. The maximum atomic E-state index is 12.5. The molecule has 1 amide bonds. The predicted molar refractivity (Wildman–Crippen MR) is 89.1 cm³/mol. The van der Waals surface area contributed by atoms with Crippen molar-refractivity contribution < 1.29 is 4.79 Å². The number of aromatic nitrogens is 3. The molecule has 1 fully saturated rings. The van der Waals surface area contributed by atoms with Crippen molar-refractivity contribution in [3.63, 3.8) is 0 Å². The summed E-state index contributed by atoms with van der Waals surface area (Å²) in [5.74, 6) is -0.162. The average molecular weight is 334 g/mol. The molecule has 1 saturated heterocycles. The fraction of sp³-hybridized carbons (Fsp3) is 0.438. The number of amides is 1. The van der Waals surface area contributed by atoms with Gasteiger partial charge < -0.3 is 10.2 Å². The first-order chi connectivity index (χ1) is 11.0. The fourth-order valence-electron chi connectivity index (χ4n) is 2.71. The Morgan fingerprint density at radius 3 is 2.74 bits per heavy atom. The molecule has 1 aliphatic heterocycles. The number of nitrogens with zero attached hydrogens (tertiary/aromatic N) is 4. The molecular formula is C16H20ClN5O.